The molecule has 0 radical (unpaired) electrons. The minimum atomic E-state index is -0.254. The average molecular weight is 311 g/mol. The van der Waals surface area contributed by atoms with Crippen LogP contribution in [0.1, 0.15) is 23.9 Å². The lowest BCUT2D eigenvalue weighted by molar-refractivity contribution is 0.223. The van der Waals surface area contributed by atoms with Crippen molar-refractivity contribution < 1.29 is 9.50 Å². The van der Waals surface area contributed by atoms with Gasteiger partial charge in [0.15, 0.2) is 0 Å². The first-order chi connectivity index (χ1) is 10.0. The molecule has 0 aliphatic heterocycles. The third-order valence-corrected chi connectivity index (χ3v) is 4.09. The summed E-state index contributed by atoms with van der Waals surface area (Å²) in [5, 5.41) is 14.7. The zero-order chi connectivity index (χ0) is 15.4. The highest BCUT2D eigenvalue weighted by Crippen LogP contribution is 2.24. The van der Waals surface area contributed by atoms with E-state index < -0.39 is 0 Å². The number of aryl methyl sites for hydroxylation is 2. The Morgan fingerprint density at radius 1 is 1.38 bits per heavy atom. The standard InChI is InChI=1S/C16H20ClFN2O/c1-3-14-16(17)15(20(2)19-14)9-12(10-21)7-11-5-4-6-13(18)8-11/h4-6,8,12,21H,3,7,9-10H2,1-2H3. The smallest absolute Gasteiger partial charge is 0.123 e. The summed E-state index contributed by atoms with van der Waals surface area (Å²) >= 11 is 6.33. The molecule has 0 amide bonds. The van der Waals surface area contributed by atoms with Gasteiger partial charge in [0, 0.05) is 13.7 Å². The highest BCUT2D eigenvalue weighted by atomic mass is 35.5. The van der Waals surface area contributed by atoms with E-state index in [-0.39, 0.29) is 18.3 Å². The van der Waals surface area contributed by atoms with E-state index in [1.54, 1.807) is 10.7 Å². The van der Waals surface area contributed by atoms with Gasteiger partial charge in [-0.05, 0) is 42.9 Å². The fraction of sp³-hybridized carbons (Fsp3) is 0.438. The monoisotopic (exact) mass is 310 g/mol. The van der Waals surface area contributed by atoms with Crippen LogP contribution in [-0.4, -0.2) is 21.5 Å². The van der Waals surface area contributed by atoms with Crippen molar-refractivity contribution in [2.45, 2.75) is 26.2 Å². The maximum absolute atomic E-state index is 13.2. The largest absolute Gasteiger partial charge is 0.396 e. The molecule has 0 spiro atoms. The van der Waals surface area contributed by atoms with Gasteiger partial charge in [-0.1, -0.05) is 30.7 Å². The molecule has 2 rings (SSSR count). The van der Waals surface area contributed by atoms with E-state index in [2.05, 4.69) is 5.10 Å². The quantitative estimate of drug-likeness (QED) is 0.890. The van der Waals surface area contributed by atoms with Crippen molar-refractivity contribution >= 4 is 11.6 Å². The van der Waals surface area contributed by atoms with Crippen LogP contribution in [-0.2, 0) is 26.3 Å². The second-order valence-electron chi connectivity index (χ2n) is 5.27. The third-order valence-electron chi connectivity index (χ3n) is 3.66. The summed E-state index contributed by atoms with van der Waals surface area (Å²) in [5.41, 5.74) is 2.67. The molecular formula is C16H20ClFN2O. The van der Waals surface area contributed by atoms with Crippen molar-refractivity contribution in [3.63, 3.8) is 0 Å². The fourth-order valence-electron chi connectivity index (χ4n) is 2.51. The second kappa shape index (κ2) is 7.05. The van der Waals surface area contributed by atoms with E-state index in [9.17, 15) is 9.50 Å². The molecule has 5 heteroatoms. The molecule has 1 unspecified atom stereocenters. The van der Waals surface area contributed by atoms with Gasteiger partial charge in [-0.3, -0.25) is 4.68 Å². The molecule has 21 heavy (non-hydrogen) atoms. The molecule has 0 aliphatic rings. The molecule has 1 aromatic heterocycles. The Balaban J connectivity index is 2.14. The lowest BCUT2D eigenvalue weighted by atomic mass is 9.95. The zero-order valence-corrected chi connectivity index (χ0v) is 13.1. The topological polar surface area (TPSA) is 38.0 Å². The number of benzene rings is 1. The SMILES string of the molecule is CCc1nn(C)c(CC(CO)Cc2cccc(F)c2)c1Cl. The van der Waals surface area contributed by atoms with Crippen LogP contribution in [0.2, 0.25) is 5.02 Å². The number of nitrogens with zero attached hydrogens (tertiary/aromatic N) is 2. The van der Waals surface area contributed by atoms with E-state index in [1.165, 1.54) is 12.1 Å². The molecule has 1 heterocycles. The molecule has 0 bridgehead atoms. The Kier molecular flexibility index (Phi) is 5.37. The van der Waals surface area contributed by atoms with Crippen LogP contribution < -0.4 is 0 Å². The number of aromatic nitrogens is 2. The normalized spacial score (nSPS) is 12.6. The van der Waals surface area contributed by atoms with Crippen molar-refractivity contribution in [1.82, 2.24) is 9.78 Å². The van der Waals surface area contributed by atoms with Gasteiger partial charge in [0.05, 0.1) is 16.4 Å². The van der Waals surface area contributed by atoms with E-state index in [0.717, 1.165) is 23.4 Å². The molecule has 2 aromatic rings. The molecule has 1 N–H and O–H groups in total. The highest BCUT2D eigenvalue weighted by Gasteiger charge is 2.18. The lowest BCUT2D eigenvalue weighted by Crippen LogP contribution is -2.15. The van der Waals surface area contributed by atoms with E-state index in [4.69, 9.17) is 11.6 Å². The number of halogens is 2. The summed E-state index contributed by atoms with van der Waals surface area (Å²) in [4.78, 5) is 0. The minimum absolute atomic E-state index is 0.00981. The van der Waals surface area contributed by atoms with E-state index >= 15 is 0 Å². The zero-order valence-electron chi connectivity index (χ0n) is 12.3. The lowest BCUT2D eigenvalue weighted by Gasteiger charge is -2.15. The molecule has 0 aliphatic carbocycles. The third kappa shape index (κ3) is 3.83. The first kappa shape index (κ1) is 16.0. The Morgan fingerprint density at radius 3 is 2.71 bits per heavy atom. The number of rotatable bonds is 6. The molecule has 0 fully saturated rings. The van der Waals surface area contributed by atoms with Gasteiger partial charge >= 0.3 is 0 Å². The first-order valence-electron chi connectivity index (χ1n) is 7.10. The van der Waals surface area contributed by atoms with Gasteiger partial charge in [-0.25, -0.2) is 4.39 Å². The highest BCUT2D eigenvalue weighted by molar-refractivity contribution is 6.31. The molecule has 3 nitrogen and oxygen atoms in total. The van der Waals surface area contributed by atoms with Crippen molar-refractivity contribution in [3.05, 3.63) is 52.1 Å². The molecular weight excluding hydrogens is 291 g/mol. The number of aliphatic hydroxyl groups excluding tert-OH is 1. The predicted molar refractivity (Wildman–Crippen MR) is 82.0 cm³/mol. The van der Waals surface area contributed by atoms with Crippen molar-refractivity contribution in [2.75, 3.05) is 6.61 Å². The van der Waals surface area contributed by atoms with Crippen LogP contribution >= 0.6 is 11.6 Å². The fourth-order valence-corrected chi connectivity index (χ4v) is 2.88. The maximum atomic E-state index is 13.2. The van der Waals surface area contributed by atoms with E-state index in [1.807, 2.05) is 20.0 Å². The summed E-state index contributed by atoms with van der Waals surface area (Å²) in [6, 6.07) is 6.48. The van der Waals surface area contributed by atoms with Gasteiger partial charge in [-0.2, -0.15) is 5.10 Å². The predicted octanol–water partition coefficient (Wildman–Crippen LogP) is 3.17. The Morgan fingerprint density at radius 2 is 2.14 bits per heavy atom. The van der Waals surface area contributed by atoms with Gasteiger partial charge in [0.2, 0.25) is 0 Å². The van der Waals surface area contributed by atoms with Gasteiger partial charge in [0.1, 0.15) is 5.82 Å². The van der Waals surface area contributed by atoms with Crippen LogP contribution in [0.25, 0.3) is 0 Å². The summed E-state index contributed by atoms with van der Waals surface area (Å²) < 4.78 is 15.0. The summed E-state index contributed by atoms with van der Waals surface area (Å²) in [5.74, 6) is -0.263. The van der Waals surface area contributed by atoms with Crippen molar-refractivity contribution in [2.24, 2.45) is 13.0 Å². The molecule has 0 saturated carbocycles. The van der Waals surface area contributed by atoms with E-state index in [0.29, 0.717) is 17.9 Å². The maximum Gasteiger partial charge on any atom is 0.123 e. The number of hydrogen-bond donors (Lipinski definition) is 1. The number of aliphatic hydroxyl groups is 1. The Hall–Kier alpha value is -1.39. The number of hydrogen-bond acceptors (Lipinski definition) is 2. The van der Waals surface area contributed by atoms with Crippen LogP contribution in [0.15, 0.2) is 24.3 Å². The first-order valence-corrected chi connectivity index (χ1v) is 7.48. The average Bonchev–Trinajstić information content (AvgIpc) is 2.73. The Bertz CT molecular complexity index is 612. The molecule has 1 atom stereocenters. The summed E-state index contributed by atoms with van der Waals surface area (Å²) in [6.07, 6.45) is 2.01. The summed E-state index contributed by atoms with van der Waals surface area (Å²) in [7, 11) is 1.86. The van der Waals surface area contributed by atoms with Crippen LogP contribution in [0, 0.1) is 11.7 Å². The van der Waals surface area contributed by atoms with Crippen LogP contribution in [0.3, 0.4) is 0 Å². The minimum Gasteiger partial charge on any atom is -0.396 e. The van der Waals surface area contributed by atoms with Crippen LogP contribution in [0.5, 0.6) is 0 Å². The molecule has 114 valence electrons. The summed E-state index contributed by atoms with van der Waals surface area (Å²) in [6.45, 7) is 2.04. The molecule has 0 saturated heterocycles. The van der Waals surface area contributed by atoms with Crippen molar-refractivity contribution in [3.8, 4) is 0 Å². The second-order valence-corrected chi connectivity index (χ2v) is 5.65. The van der Waals surface area contributed by atoms with Crippen molar-refractivity contribution in [1.29, 1.82) is 0 Å². The van der Waals surface area contributed by atoms with Crippen LogP contribution in [0.4, 0.5) is 4.39 Å². The van der Waals surface area contributed by atoms with Gasteiger partial charge in [-0.15, -0.1) is 0 Å². The Labute approximate surface area is 129 Å². The molecule has 1 aromatic carbocycles. The van der Waals surface area contributed by atoms with Gasteiger partial charge in [0.25, 0.3) is 0 Å². The van der Waals surface area contributed by atoms with Gasteiger partial charge < -0.3 is 5.11 Å².